The first-order valence-corrected chi connectivity index (χ1v) is 11.2. The Morgan fingerprint density at radius 2 is 1.91 bits per heavy atom. The number of aromatic hydroxyl groups is 1. The molecule has 3 N–H and O–H groups in total. The van der Waals surface area contributed by atoms with Crippen LogP contribution in [-0.2, 0) is 22.6 Å². The number of benzene rings is 2. The molecule has 9 heteroatoms. The van der Waals surface area contributed by atoms with Gasteiger partial charge in [-0.15, -0.1) is 0 Å². The van der Waals surface area contributed by atoms with E-state index in [1.807, 2.05) is 36.4 Å². The number of anilines is 1. The fraction of sp³-hybridized carbons (Fsp3) is 0.240. The molecule has 1 atom stereocenters. The second-order valence-corrected chi connectivity index (χ2v) is 8.27. The molecule has 1 fully saturated rings. The number of phenolic OH excluding ortho intramolecular Hbond substituents is 1. The number of nitrogens with zero attached hydrogens (tertiary/aromatic N) is 3. The van der Waals surface area contributed by atoms with Gasteiger partial charge >= 0.3 is 0 Å². The molecule has 1 saturated heterocycles. The third kappa shape index (κ3) is 4.60. The van der Waals surface area contributed by atoms with Crippen LogP contribution in [0.5, 0.6) is 5.75 Å². The van der Waals surface area contributed by atoms with Crippen molar-refractivity contribution in [2.24, 2.45) is 0 Å². The van der Waals surface area contributed by atoms with Crippen molar-refractivity contribution in [1.29, 1.82) is 0 Å². The Labute approximate surface area is 198 Å². The monoisotopic (exact) mass is 453 g/mol. The molecule has 5 rings (SSSR count). The predicted octanol–water partition coefficient (Wildman–Crippen LogP) is 2.30. The standard InChI is InChI=1S/C25H24BN5O3/c26-19-15-29-31-23(12-20(30-24(19)31)18-4-1-2-5-21(18)32)27-13-16-7-9-17(10-8-16)14-28-25(33)22-6-3-11-34-22/h1-2,4-5,7-10,12,15,22,27,32H,3,6,11,13-14H2,(H,28,33). The summed E-state index contributed by atoms with van der Waals surface area (Å²) in [4.78, 5) is 16.7. The molecule has 34 heavy (non-hydrogen) atoms. The minimum Gasteiger partial charge on any atom is -0.507 e. The van der Waals surface area contributed by atoms with Crippen molar-refractivity contribution >= 4 is 30.7 Å². The number of para-hydroxylation sites is 1. The van der Waals surface area contributed by atoms with Crippen LogP contribution in [-0.4, -0.2) is 46.2 Å². The van der Waals surface area contributed by atoms with Crippen molar-refractivity contribution in [3.05, 3.63) is 71.9 Å². The highest BCUT2D eigenvalue weighted by atomic mass is 16.5. The lowest BCUT2D eigenvalue weighted by Crippen LogP contribution is -2.33. The molecule has 0 bridgehead atoms. The number of rotatable bonds is 7. The molecule has 1 amide bonds. The van der Waals surface area contributed by atoms with Gasteiger partial charge in [0, 0.05) is 37.5 Å². The van der Waals surface area contributed by atoms with E-state index in [9.17, 15) is 9.90 Å². The number of phenols is 1. The van der Waals surface area contributed by atoms with Gasteiger partial charge in [-0.3, -0.25) is 4.79 Å². The number of amides is 1. The summed E-state index contributed by atoms with van der Waals surface area (Å²) < 4.78 is 7.06. The molecule has 2 aromatic carbocycles. The van der Waals surface area contributed by atoms with Gasteiger partial charge in [-0.25, -0.2) is 4.98 Å². The molecule has 1 aliphatic heterocycles. The number of nitrogens with one attached hydrogen (secondary N) is 2. The normalized spacial score (nSPS) is 15.5. The largest absolute Gasteiger partial charge is 0.507 e. The van der Waals surface area contributed by atoms with E-state index in [4.69, 9.17) is 12.6 Å². The molecule has 8 nitrogen and oxygen atoms in total. The van der Waals surface area contributed by atoms with Crippen molar-refractivity contribution in [2.45, 2.75) is 32.0 Å². The summed E-state index contributed by atoms with van der Waals surface area (Å²) in [6, 6.07) is 16.9. The van der Waals surface area contributed by atoms with Gasteiger partial charge in [0.2, 0.25) is 5.91 Å². The summed E-state index contributed by atoms with van der Waals surface area (Å²) in [5.74, 6) is 0.794. The van der Waals surface area contributed by atoms with Gasteiger partial charge in [-0.1, -0.05) is 36.4 Å². The molecule has 2 radical (unpaired) electrons. The van der Waals surface area contributed by atoms with E-state index in [0.29, 0.717) is 47.9 Å². The third-order valence-corrected chi connectivity index (χ3v) is 5.86. The van der Waals surface area contributed by atoms with E-state index in [1.165, 1.54) is 0 Å². The van der Waals surface area contributed by atoms with Crippen molar-refractivity contribution in [3.63, 3.8) is 0 Å². The smallest absolute Gasteiger partial charge is 0.249 e. The summed E-state index contributed by atoms with van der Waals surface area (Å²) in [5.41, 5.74) is 4.25. The zero-order valence-electron chi connectivity index (χ0n) is 18.6. The van der Waals surface area contributed by atoms with Crippen molar-refractivity contribution < 1.29 is 14.6 Å². The van der Waals surface area contributed by atoms with Gasteiger partial charge in [0.15, 0.2) is 5.65 Å². The number of ether oxygens (including phenoxy) is 1. The fourth-order valence-electron chi connectivity index (χ4n) is 3.99. The number of fused-ring (bicyclic) bond motifs is 1. The lowest BCUT2D eigenvalue weighted by atomic mass is 10.0. The van der Waals surface area contributed by atoms with Crippen molar-refractivity contribution in [3.8, 4) is 17.0 Å². The third-order valence-electron chi connectivity index (χ3n) is 5.86. The number of carbonyl (C=O) groups excluding carboxylic acids is 1. The van der Waals surface area contributed by atoms with Gasteiger partial charge in [-0.2, -0.15) is 9.61 Å². The van der Waals surface area contributed by atoms with E-state index >= 15 is 0 Å². The van der Waals surface area contributed by atoms with E-state index < -0.39 is 0 Å². The Balaban J connectivity index is 1.29. The first-order valence-electron chi connectivity index (χ1n) is 11.2. The van der Waals surface area contributed by atoms with Gasteiger partial charge in [-0.05, 0) is 41.6 Å². The maximum absolute atomic E-state index is 12.1. The summed E-state index contributed by atoms with van der Waals surface area (Å²) in [6.07, 6.45) is 2.95. The first-order chi connectivity index (χ1) is 16.6. The Morgan fingerprint density at radius 1 is 1.15 bits per heavy atom. The molecule has 2 aromatic heterocycles. The van der Waals surface area contributed by atoms with Crippen LogP contribution < -0.4 is 16.1 Å². The minimum atomic E-state index is -0.320. The number of hydrogen-bond donors (Lipinski definition) is 3. The fourth-order valence-corrected chi connectivity index (χ4v) is 3.99. The number of carbonyl (C=O) groups is 1. The van der Waals surface area contributed by atoms with E-state index in [2.05, 4.69) is 20.7 Å². The van der Waals surface area contributed by atoms with Crippen LogP contribution in [0.2, 0.25) is 0 Å². The van der Waals surface area contributed by atoms with Crippen LogP contribution in [0.25, 0.3) is 16.9 Å². The summed E-state index contributed by atoms with van der Waals surface area (Å²) in [5, 5.41) is 20.9. The Hall–Kier alpha value is -3.85. The van der Waals surface area contributed by atoms with Crippen LogP contribution in [0.3, 0.4) is 0 Å². The average Bonchev–Trinajstić information content (AvgIpc) is 3.53. The zero-order chi connectivity index (χ0) is 23.5. The predicted molar refractivity (Wildman–Crippen MR) is 130 cm³/mol. The van der Waals surface area contributed by atoms with Crippen LogP contribution >= 0.6 is 0 Å². The summed E-state index contributed by atoms with van der Waals surface area (Å²) in [7, 11) is 6.07. The highest BCUT2D eigenvalue weighted by Crippen LogP contribution is 2.29. The second-order valence-electron chi connectivity index (χ2n) is 8.27. The van der Waals surface area contributed by atoms with Gasteiger partial charge < -0.3 is 20.5 Å². The highest BCUT2D eigenvalue weighted by Gasteiger charge is 2.23. The molecule has 0 saturated carbocycles. The zero-order valence-corrected chi connectivity index (χ0v) is 18.6. The molecule has 1 unspecified atom stereocenters. The van der Waals surface area contributed by atoms with Crippen molar-refractivity contribution in [1.82, 2.24) is 19.9 Å². The molecule has 4 aromatic rings. The van der Waals surface area contributed by atoms with Crippen LogP contribution in [0.4, 0.5) is 5.82 Å². The molecule has 3 heterocycles. The molecule has 0 spiro atoms. The SMILES string of the molecule is [B]c1cnn2c(NCc3ccc(CNC(=O)C4CCCO4)cc3)cc(-c3ccccc3O)nc12. The van der Waals surface area contributed by atoms with E-state index in [0.717, 1.165) is 24.0 Å². The maximum atomic E-state index is 12.1. The molecular formula is C25H24BN5O3. The average molecular weight is 453 g/mol. The second kappa shape index (κ2) is 9.57. The van der Waals surface area contributed by atoms with E-state index in [1.54, 1.807) is 28.9 Å². The highest BCUT2D eigenvalue weighted by molar-refractivity contribution is 6.36. The lowest BCUT2D eigenvalue weighted by Gasteiger charge is -2.13. The minimum absolute atomic E-state index is 0.0521. The number of aromatic nitrogens is 3. The number of hydrogen-bond acceptors (Lipinski definition) is 6. The van der Waals surface area contributed by atoms with Gasteiger partial charge in [0.05, 0.1) is 5.69 Å². The Kier molecular flexibility index (Phi) is 6.18. The van der Waals surface area contributed by atoms with Crippen LogP contribution in [0.15, 0.2) is 60.8 Å². The van der Waals surface area contributed by atoms with Crippen molar-refractivity contribution in [2.75, 3.05) is 11.9 Å². The van der Waals surface area contributed by atoms with Crippen LogP contribution in [0.1, 0.15) is 24.0 Å². The van der Waals surface area contributed by atoms with Crippen LogP contribution in [0, 0.1) is 0 Å². The first kappa shape index (κ1) is 22.0. The maximum Gasteiger partial charge on any atom is 0.249 e. The molecule has 0 aliphatic carbocycles. The molecule has 1 aliphatic rings. The summed E-state index contributed by atoms with van der Waals surface area (Å²) in [6.45, 7) is 1.66. The van der Waals surface area contributed by atoms with E-state index in [-0.39, 0.29) is 17.8 Å². The Bertz CT molecular complexity index is 1320. The van der Waals surface area contributed by atoms with Gasteiger partial charge in [0.25, 0.3) is 0 Å². The summed E-state index contributed by atoms with van der Waals surface area (Å²) >= 11 is 0. The molecule has 170 valence electrons. The Morgan fingerprint density at radius 3 is 2.65 bits per heavy atom. The quantitative estimate of drug-likeness (QED) is 0.372. The van der Waals surface area contributed by atoms with Gasteiger partial charge in [0.1, 0.15) is 25.5 Å². The molecular weight excluding hydrogens is 429 g/mol. The lowest BCUT2D eigenvalue weighted by molar-refractivity contribution is -0.130. The topological polar surface area (TPSA) is 101 Å².